The number of benzene rings is 2. The zero-order chi connectivity index (χ0) is 19.5. The van der Waals surface area contributed by atoms with Crippen molar-refractivity contribution >= 4 is 22.6 Å². The molecule has 0 aliphatic heterocycles. The van der Waals surface area contributed by atoms with Gasteiger partial charge in [-0.05, 0) is 49.9 Å². The third-order valence-electron chi connectivity index (χ3n) is 4.97. The maximum Gasteiger partial charge on any atom is 0.291 e. The highest BCUT2D eigenvalue weighted by Crippen LogP contribution is 2.34. The maximum absolute atomic E-state index is 12.7. The lowest BCUT2D eigenvalue weighted by Crippen LogP contribution is -2.13. The number of hydrogen-bond acceptors (Lipinski definition) is 5. The minimum absolute atomic E-state index is 0.197. The second-order valence-corrected chi connectivity index (χ2v) is 6.83. The van der Waals surface area contributed by atoms with Gasteiger partial charge in [-0.15, -0.1) is 0 Å². The predicted molar refractivity (Wildman–Crippen MR) is 107 cm³/mol. The highest BCUT2D eigenvalue weighted by Gasteiger charge is 2.20. The van der Waals surface area contributed by atoms with Crippen LogP contribution in [0.15, 0.2) is 46.9 Å². The molecule has 1 amide bonds. The van der Waals surface area contributed by atoms with E-state index in [1.807, 2.05) is 12.1 Å². The van der Waals surface area contributed by atoms with Crippen molar-refractivity contribution in [2.75, 3.05) is 19.5 Å². The van der Waals surface area contributed by atoms with Crippen LogP contribution in [0.4, 0.5) is 5.69 Å². The molecule has 1 aliphatic rings. The summed E-state index contributed by atoms with van der Waals surface area (Å²) in [5, 5.41) is 3.67. The molecule has 1 aromatic heterocycles. The van der Waals surface area contributed by atoms with Crippen molar-refractivity contribution in [3.63, 3.8) is 0 Å². The lowest BCUT2D eigenvalue weighted by molar-refractivity contribution is 0.0998. The van der Waals surface area contributed by atoms with Gasteiger partial charge in [0, 0.05) is 17.1 Å². The molecule has 1 aliphatic carbocycles. The number of carbonyl (C=O) groups excluding carboxylic acids is 1. The summed E-state index contributed by atoms with van der Waals surface area (Å²) in [6, 6.07) is 12.6. The van der Waals surface area contributed by atoms with E-state index in [4.69, 9.17) is 18.6 Å². The summed E-state index contributed by atoms with van der Waals surface area (Å²) in [4.78, 5) is 12.7. The third-order valence-corrected chi connectivity index (χ3v) is 4.97. The summed E-state index contributed by atoms with van der Waals surface area (Å²) in [6.07, 6.45) is 4.64. The molecular formula is C22H23NO5. The number of fused-ring (bicyclic) bond motifs is 1. The van der Waals surface area contributed by atoms with Gasteiger partial charge in [-0.3, -0.25) is 4.79 Å². The van der Waals surface area contributed by atoms with Crippen molar-refractivity contribution < 1.29 is 23.4 Å². The van der Waals surface area contributed by atoms with Crippen LogP contribution in [0.1, 0.15) is 36.2 Å². The molecule has 0 spiro atoms. The van der Waals surface area contributed by atoms with Gasteiger partial charge in [-0.2, -0.15) is 0 Å². The number of ether oxygens (including phenoxy) is 3. The number of amides is 1. The van der Waals surface area contributed by atoms with Crippen LogP contribution >= 0.6 is 0 Å². The van der Waals surface area contributed by atoms with Gasteiger partial charge in [0.05, 0.1) is 20.3 Å². The topological polar surface area (TPSA) is 69.9 Å². The number of hydrogen-bond donors (Lipinski definition) is 1. The van der Waals surface area contributed by atoms with Crippen LogP contribution in [0.5, 0.6) is 17.2 Å². The molecule has 0 saturated heterocycles. The first-order chi connectivity index (χ1) is 13.7. The van der Waals surface area contributed by atoms with E-state index in [0.717, 1.165) is 18.2 Å². The van der Waals surface area contributed by atoms with Crippen molar-refractivity contribution in [3.8, 4) is 17.2 Å². The molecule has 0 atom stereocenters. The first kappa shape index (κ1) is 18.2. The molecule has 28 heavy (non-hydrogen) atoms. The van der Waals surface area contributed by atoms with Crippen molar-refractivity contribution in [2.45, 2.75) is 31.8 Å². The van der Waals surface area contributed by atoms with E-state index in [0.29, 0.717) is 28.5 Å². The Morgan fingerprint density at radius 3 is 2.54 bits per heavy atom. The minimum atomic E-state index is -0.338. The number of methoxy groups -OCH3 is 2. The lowest BCUT2D eigenvalue weighted by Gasteiger charge is -2.17. The summed E-state index contributed by atoms with van der Waals surface area (Å²) >= 11 is 0. The number of rotatable bonds is 6. The Hall–Kier alpha value is -3.15. The van der Waals surface area contributed by atoms with Crippen LogP contribution in [0.25, 0.3) is 11.0 Å². The molecule has 0 radical (unpaired) electrons. The Balaban J connectivity index is 1.55. The van der Waals surface area contributed by atoms with E-state index in [-0.39, 0.29) is 17.8 Å². The van der Waals surface area contributed by atoms with Crippen molar-refractivity contribution in [1.29, 1.82) is 0 Å². The van der Waals surface area contributed by atoms with Crippen LogP contribution in [0.3, 0.4) is 0 Å². The fourth-order valence-corrected chi connectivity index (χ4v) is 3.53. The summed E-state index contributed by atoms with van der Waals surface area (Å²) in [6.45, 7) is 0. The van der Waals surface area contributed by atoms with E-state index < -0.39 is 0 Å². The zero-order valence-electron chi connectivity index (χ0n) is 16.0. The highest BCUT2D eigenvalue weighted by molar-refractivity contribution is 6.05. The molecule has 1 fully saturated rings. The Morgan fingerprint density at radius 2 is 1.79 bits per heavy atom. The van der Waals surface area contributed by atoms with Gasteiger partial charge in [0.15, 0.2) is 28.6 Å². The molecule has 1 N–H and O–H groups in total. The zero-order valence-corrected chi connectivity index (χ0v) is 16.0. The molecular weight excluding hydrogens is 358 g/mol. The van der Waals surface area contributed by atoms with Crippen LogP contribution in [-0.2, 0) is 0 Å². The van der Waals surface area contributed by atoms with Gasteiger partial charge in [0.1, 0.15) is 0 Å². The molecule has 146 valence electrons. The Labute approximate surface area is 163 Å². The highest BCUT2D eigenvalue weighted by atomic mass is 16.5. The Bertz CT molecular complexity index is 988. The molecule has 1 saturated carbocycles. The minimum Gasteiger partial charge on any atom is -0.493 e. The summed E-state index contributed by atoms with van der Waals surface area (Å²) in [5.74, 6) is 1.76. The van der Waals surface area contributed by atoms with Gasteiger partial charge >= 0.3 is 0 Å². The fourth-order valence-electron chi connectivity index (χ4n) is 3.53. The van der Waals surface area contributed by atoms with Crippen LogP contribution < -0.4 is 19.5 Å². The summed E-state index contributed by atoms with van der Waals surface area (Å²) < 4.78 is 22.5. The van der Waals surface area contributed by atoms with E-state index >= 15 is 0 Å². The number of para-hydroxylation sites is 1. The SMILES string of the molecule is COc1ccc(NC(=O)c2cc3cccc(OC)c3o2)cc1OC1CCCC1. The number of furan rings is 1. The summed E-state index contributed by atoms with van der Waals surface area (Å²) in [5.41, 5.74) is 1.17. The molecule has 2 aromatic carbocycles. The number of nitrogens with one attached hydrogen (secondary N) is 1. The standard InChI is InChI=1S/C22H23NO5/c1-25-17-11-10-15(13-19(17)27-16-7-3-4-8-16)23-22(24)20-12-14-6-5-9-18(26-2)21(14)28-20/h5-6,9-13,16H,3-4,7-8H2,1-2H3,(H,23,24). The quantitative estimate of drug-likeness (QED) is 0.649. The van der Waals surface area contributed by atoms with Crippen LogP contribution in [0.2, 0.25) is 0 Å². The van der Waals surface area contributed by atoms with Gasteiger partial charge < -0.3 is 23.9 Å². The Morgan fingerprint density at radius 1 is 1.00 bits per heavy atom. The molecule has 1 heterocycles. The number of anilines is 1. The lowest BCUT2D eigenvalue weighted by atomic mass is 10.2. The summed E-state index contributed by atoms with van der Waals surface area (Å²) in [7, 11) is 3.18. The predicted octanol–water partition coefficient (Wildman–Crippen LogP) is 5.02. The maximum atomic E-state index is 12.7. The monoisotopic (exact) mass is 381 g/mol. The average Bonchev–Trinajstić information content (AvgIpc) is 3.37. The number of carbonyl (C=O) groups is 1. The first-order valence-electron chi connectivity index (χ1n) is 9.40. The van der Waals surface area contributed by atoms with Crippen LogP contribution in [0, 0.1) is 0 Å². The molecule has 3 aromatic rings. The second-order valence-electron chi connectivity index (χ2n) is 6.83. The molecule has 0 bridgehead atoms. The van der Waals surface area contributed by atoms with E-state index in [9.17, 15) is 4.79 Å². The van der Waals surface area contributed by atoms with Crippen molar-refractivity contribution in [2.24, 2.45) is 0 Å². The smallest absolute Gasteiger partial charge is 0.291 e. The molecule has 4 rings (SSSR count). The Kier molecular flexibility index (Phi) is 5.10. The van der Waals surface area contributed by atoms with E-state index in [1.54, 1.807) is 44.6 Å². The van der Waals surface area contributed by atoms with Gasteiger partial charge in [-0.25, -0.2) is 0 Å². The third kappa shape index (κ3) is 3.63. The molecule has 6 heteroatoms. The van der Waals surface area contributed by atoms with Crippen LogP contribution in [-0.4, -0.2) is 26.2 Å². The largest absolute Gasteiger partial charge is 0.493 e. The van der Waals surface area contributed by atoms with Crippen molar-refractivity contribution in [3.05, 3.63) is 48.2 Å². The van der Waals surface area contributed by atoms with Gasteiger partial charge in [-0.1, -0.05) is 12.1 Å². The normalized spacial score (nSPS) is 14.2. The molecule has 6 nitrogen and oxygen atoms in total. The average molecular weight is 381 g/mol. The van der Waals surface area contributed by atoms with Gasteiger partial charge in [0.2, 0.25) is 0 Å². The van der Waals surface area contributed by atoms with E-state index in [1.165, 1.54) is 12.8 Å². The molecule has 0 unspecified atom stereocenters. The first-order valence-corrected chi connectivity index (χ1v) is 9.40. The van der Waals surface area contributed by atoms with Gasteiger partial charge in [0.25, 0.3) is 5.91 Å². The fraction of sp³-hybridized carbons (Fsp3) is 0.318. The second kappa shape index (κ2) is 7.84. The van der Waals surface area contributed by atoms with E-state index in [2.05, 4.69) is 5.32 Å². The van der Waals surface area contributed by atoms with Crippen molar-refractivity contribution in [1.82, 2.24) is 0 Å².